The third-order valence-electron chi connectivity index (χ3n) is 5.73. The summed E-state index contributed by atoms with van der Waals surface area (Å²) in [6, 6.07) is 0.701. The summed E-state index contributed by atoms with van der Waals surface area (Å²) in [5.74, 6) is -1.36. The number of unbranched alkanes of at least 4 members (excludes halogenated alkanes) is 1. The third-order valence-corrected chi connectivity index (χ3v) is 5.73. The van der Waals surface area contributed by atoms with Gasteiger partial charge in [-0.25, -0.2) is 5.06 Å². The molecule has 0 radical (unpaired) electrons. The maximum atomic E-state index is 13.4. The summed E-state index contributed by atoms with van der Waals surface area (Å²) in [6.45, 7) is 8.79. The van der Waals surface area contributed by atoms with Crippen molar-refractivity contribution in [1.82, 2.24) is 25.3 Å². The molecule has 2 heterocycles. The van der Waals surface area contributed by atoms with E-state index in [9.17, 15) is 24.4 Å². The Bertz CT molecular complexity index is 799. The summed E-state index contributed by atoms with van der Waals surface area (Å²) < 4.78 is 4.92. The van der Waals surface area contributed by atoms with Crippen molar-refractivity contribution in [2.24, 2.45) is 11.3 Å². The number of hydrogen-bond acceptors (Lipinski definition) is 7. The van der Waals surface area contributed by atoms with Gasteiger partial charge in [-0.1, -0.05) is 45.7 Å². The van der Waals surface area contributed by atoms with E-state index >= 15 is 0 Å². The number of aromatic nitrogens is 1. The second kappa shape index (κ2) is 11.8. The first-order valence-corrected chi connectivity index (χ1v) is 11.3. The molecule has 184 valence electrons. The number of hydroxylamine groups is 2. The fourth-order valence-electron chi connectivity index (χ4n) is 3.73. The van der Waals surface area contributed by atoms with E-state index in [0.717, 1.165) is 12.8 Å². The summed E-state index contributed by atoms with van der Waals surface area (Å²) in [5, 5.41) is 16.5. The Hall–Kier alpha value is -2.95. The van der Waals surface area contributed by atoms with Crippen LogP contribution in [0.25, 0.3) is 0 Å². The predicted molar refractivity (Wildman–Crippen MR) is 118 cm³/mol. The number of carbonyl (C=O) groups is 4. The first-order valence-electron chi connectivity index (χ1n) is 11.3. The predicted octanol–water partition coefficient (Wildman–Crippen LogP) is 1.14. The topological polar surface area (TPSA) is 136 Å². The Morgan fingerprint density at radius 1 is 1.24 bits per heavy atom. The molecule has 0 aliphatic carbocycles. The van der Waals surface area contributed by atoms with E-state index in [1.807, 2.05) is 27.7 Å². The highest BCUT2D eigenvalue weighted by molar-refractivity contribution is 5.92. The van der Waals surface area contributed by atoms with Crippen LogP contribution in [0.1, 0.15) is 57.5 Å². The van der Waals surface area contributed by atoms with Crippen molar-refractivity contribution >= 4 is 24.1 Å². The van der Waals surface area contributed by atoms with Gasteiger partial charge in [0.2, 0.25) is 24.0 Å². The summed E-state index contributed by atoms with van der Waals surface area (Å²) in [7, 11) is 0. The lowest BCUT2D eigenvalue weighted by Crippen LogP contribution is -2.60. The van der Waals surface area contributed by atoms with Crippen molar-refractivity contribution in [3.63, 3.8) is 0 Å². The average molecular weight is 466 g/mol. The van der Waals surface area contributed by atoms with Crippen LogP contribution in [0.15, 0.2) is 16.8 Å². The molecule has 0 unspecified atom stereocenters. The second-order valence-electron chi connectivity index (χ2n) is 9.37. The van der Waals surface area contributed by atoms with Crippen molar-refractivity contribution in [3.8, 4) is 0 Å². The number of nitrogens with zero attached hydrogens (tertiary/aromatic N) is 4. The Kier molecular flexibility index (Phi) is 9.39. The maximum Gasteiger partial charge on any atom is 0.292 e. The highest BCUT2D eigenvalue weighted by atomic mass is 16.5. The lowest BCUT2D eigenvalue weighted by molar-refractivity contribution is -0.155. The van der Waals surface area contributed by atoms with Crippen molar-refractivity contribution in [2.75, 3.05) is 32.7 Å². The zero-order chi connectivity index (χ0) is 24.6. The first kappa shape index (κ1) is 26.3. The molecule has 1 saturated heterocycles. The molecular weight excluding hydrogens is 430 g/mol. The Balaban J connectivity index is 2.05. The molecule has 4 amide bonds. The van der Waals surface area contributed by atoms with Gasteiger partial charge in [0.05, 0.1) is 18.7 Å². The smallest absolute Gasteiger partial charge is 0.292 e. The number of carbonyl (C=O) groups excluding carboxylic acids is 4. The van der Waals surface area contributed by atoms with Gasteiger partial charge in [0.1, 0.15) is 6.04 Å². The largest absolute Gasteiger partial charge is 0.351 e. The van der Waals surface area contributed by atoms with E-state index in [-0.39, 0.29) is 36.4 Å². The SMILES string of the molecule is CCCC[C@H](CN(O)C=O)C(=O)N[C@H](C(=O)N1CCN(C(=O)c2ccno2)CC1)C(C)(C)C. The lowest BCUT2D eigenvalue weighted by Gasteiger charge is -2.39. The molecule has 1 aromatic rings. The molecule has 0 bridgehead atoms. The summed E-state index contributed by atoms with van der Waals surface area (Å²) >= 11 is 0. The molecule has 33 heavy (non-hydrogen) atoms. The number of amides is 4. The third kappa shape index (κ3) is 7.28. The van der Waals surface area contributed by atoms with Crippen LogP contribution in [0.4, 0.5) is 0 Å². The molecule has 0 saturated carbocycles. The van der Waals surface area contributed by atoms with Crippen LogP contribution in [0.2, 0.25) is 0 Å². The van der Waals surface area contributed by atoms with Crippen LogP contribution in [-0.2, 0) is 14.4 Å². The normalized spacial score (nSPS) is 16.2. The Labute approximate surface area is 194 Å². The Morgan fingerprint density at radius 3 is 2.39 bits per heavy atom. The quantitative estimate of drug-likeness (QED) is 0.300. The number of piperazine rings is 1. The summed E-state index contributed by atoms with van der Waals surface area (Å²) in [5.41, 5.74) is -0.571. The van der Waals surface area contributed by atoms with E-state index < -0.39 is 17.4 Å². The minimum Gasteiger partial charge on any atom is -0.351 e. The monoisotopic (exact) mass is 465 g/mol. The molecule has 1 aromatic heterocycles. The van der Waals surface area contributed by atoms with Crippen molar-refractivity contribution < 1.29 is 28.9 Å². The molecule has 1 fully saturated rings. The standard InChI is InChI=1S/C22H35N5O6/c1-5-6-7-16(14-27(32)15-28)19(29)24-18(22(2,3)4)21(31)26-12-10-25(11-13-26)20(30)17-8-9-23-33-17/h8-9,15-16,18,32H,5-7,10-14H2,1-4H3,(H,24,29)/t16-,18-/m1/s1. The van der Waals surface area contributed by atoms with E-state index in [2.05, 4.69) is 10.5 Å². The number of nitrogens with one attached hydrogen (secondary N) is 1. The maximum absolute atomic E-state index is 13.4. The molecule has 11 nitrogen and oxygen atoms in total. The number of rotatable bonds is 10. The van der Waals surface area contributed by atoms with Crippen molar-refractivity contribution in [2.45, 2.75) is 53.0 Å². The molecule has 11 heteroatoms. The molecule has 2 N–H and O–H groups in total. The summed E-state index contributed by atoms with van der Waals surface area (Å²) in [6.07, 6.45) is 3.76. The molecule has 1 aliphatic heterocycles. The van der Waals surface area contributed by atoms with Gasteiger partial charge in [0, 0.05) is 32.2 Å². The minimum absolute atomic E-state index is 0.136. The van der Waals surface area contributed by atoms with Crippen molar-refractivity contribution in [1.29, 1.82) is 0 Å². The number of hydrogen-bond donors (Lipinski definition) is 2. The molecular formula is C22H35N5O6. The van der Waals surface area contributed by atoms with Crippen LogP contribution in [-0.4, -0.2) is 88.1 Å². The van der Waals surface area contributed by atoms with Crippen LogP contribution in [0, 0.1) is 11.3 Å². The molecule has 0 aromatic carbocycles. The zero-order valence-corrected chi connectivity index (χ0v) is 19.8. The van der Waals surface area contributed by atoms with E-state index in [0.29, 0.717) is 37.7 Å². The fraction of sp³-hybridized carbons (Fsp3) is 0.682. The second-order valence-corrected chi connectivity index (χ2v) is 9.37. The van der Waals surface area contributed by atoms with Gasteiger partial charge in [-0.2, -0.15) is 0 Å². The molecule has 0 spiro atoms. The summed E-state index contributed by atoms with van der Waals surface area (Å²) in [4.78, 5) is 52.9. The highest BCUT2D eigenvalue weighted by Gasteiger charge is 2.38. The van der Waals surface area contributed by atoms with Gasteiger partial charge in [-0.3, -0.25) is 24.4 Å². The zero-order valence-electron chi connectivity index (χ0n) is 19.8. The van der Waals surface area contributed by atoms with Gasteiger partial charge in [-0.05, 0) is 11.8 Å². The van der Waals surface area contributed by atoms with Gasteiger partial charge >= 0.3 is 0 Å². The van der Waals surface area contributed by atoms with Gasteiger partial charge in [0.15, 0.2) is 0 Å². The van der Waals surface area contributed by atoms with E-state index in [1.165, 1.54) is 12.3 Å². The first-order chi connectivity index (χ1) is 15.6. The van der Waals surface area contributed by atoms with Gasteiger partial charge in [0.25, 0.3) is 5.91 Å². The van der Waals surface area contributed by atoms with Crippen LogP contribution < -0.4 is 5.32 Å². The fourth-order valence-corrected chi connectivity index (χ4v) is 3.73. The van der Waals surface area contributed by atoms with E-state index in [1.54, 1.807) is 9.80 Å². The molecule has 1 aliphatic rings. The Morgan fingerprint density at radius 2 is 1.88 bits per heavy atom. The van der Waals surface area contributed by atoms with E-state index in [4.69, 9.17) is 4.52 Å². The molecule has 2 atom stereocenters. The van der Waals surface area contributed by atoms with Gasteiger partial charge in [-0.15, -0.1) is 0 Å². The van der Waals surface area contributed by atoms with Crippen LogP contribution in [0.5, 0.6) is 0 Å². The minimum atomic E-state index is -0.797. The lowest BCUT2D eigenvalue weighted by atomic mass is 9.85. The van der Waals surface area contributed by atoms with Gasteiger partial charge < -0.3 is 19.6 Å². The van der Waals surface area contributed by atoms with Crippen molar-refractivity contribution in [3.05, 3.63) is 18.0 Å². The highest BCUT2D eigenvalue weighted by Crippen LogP contribution is 2.23. The van der Waals surface area contributed by atoms with Crippen LogP contribution >= 0.6 is 0 Å². The van der Waals surface area contributed by atoms with Crippen LogP contribution in [0.3, 0.4) is 0 Å². The average Bonchev–Trinajstić information content (AvgIpc) is 3.33. The molecule has 2 rings (SSSR count).